The van der Waals surface area contributed by atoms with Gasteiger partial charge in [-0.05, 0) is 147 Å². The Morgan fingerprint density at radius 1 is 0.578 bits per heavy atom. The van der Waals surface area contributed by atoms with Gasteiger partial charge in [-0.1, -0.05) is 0 Å². The van der Waals surface area contributed by atoms with Crippen molar-refractivity contribution in [3.8, 4) is 39.4 Å². The number of aliphatic hydroxyl groups is 3. The number of methoxy groups -OCH3 is 1. The van der Waals surface area contributed by atoms with Crippen LogP contribution in [0.3, 0.4) is 0 Å². The maximum atomic E-state index is 12.4. The highest BCUT2D eigenvalue weighted by Gasteiger charge is 2.32. The van der Waals surface area contributed by atoms with Crippen LogP contribution in [0.15, 0.2) is 79.9 Å². The number of anilines is 3. The van der Waals surface area contributed by atoms with Crippen LogP contribution in [-0.4, -0.2) is 186 Å². The van der Waals surface area contributed by atoms with Crippen LogP contribution < -0.4 is 16.0 Å². The number of nitrogens with zero attached hydrogens (tertiary/aromatic N) is 15. The van der Waals surface area contributed by atoms with Crippen molar-refractivity contribution in [2.45, 2.75) is 210 Å². The number of halogens is 4. The maximum Gasteiger partial charge on any atom is 0.345 e. The molecule has 0 aliphatic heterocycles. The molecule has 4 aliphatic carbocycles. The number of hydrogen-bond donors (Lipinski definition) is 6. The van der Waals surface area contributed by atoms with Gasteiger partial charge in [0.1, 0.15) is 15.6 Å². The molecule has 0 spiro atoms. The van der Waals surface area contributed by atoms with E-state index in [0.717, 1.165) is 150 Å². The minimum Gasteiger partial charge on any atom is -0.393 e. The fraction of sp³-hybridized carbons (Fsp3) is 0.557. The predicted molar refractivity (Wildman–Crippen MR) is 373 cm³/mol. The van der Waals surface area contributed by atoms with E-state index in [9.17, 15) is 46.1 Å². The molecule has 9 heterocycles. The monoisotopic (exact) mass is 1430 g/mol. The van der Waals surface area contributed by atoms with Gasteiger partial charge in [0.25, 0.3) is 0 Å². The van der Waals surface area contributed by atoms with Gasteiger partial charge in [-0.3, -0.25) is 19.1 Å². The molecule has 1 unspecified atom stereocenters. The number of pyridine rings is 1. The third-order valence-electron chi connectivity index (χ3n) is 19.3. The highest BCUT2D eigenvalue weighted by Crippen LogP contribution is 2.42. The first-order chi connectivity index (χ1) is 49.1. The number of rotatable bonds is 26. The van der Waals surface area contributed by atoms with Crippen LogP contribution in [0.25, 0.3) is 49.9 Å². The third-order valence-corrected chi connectivity index (χ3v) is 20.2. The Morgan fingerprint density at radius 3 is 1.37 bits per heavy atom. The van der Waals surface area contributed by atoms with E-state index in [2.05, 4.69) is 90.0 Å². The number of fused-ring (bicyclic) bond motifs is 3. The molecule has 0 saturated heterocycles. The van der Waals surface area contributed by atoms with Gasteiger partial charge >= 0.3 is 13.2 Å². The minimum atomic E-state index is -3.11. The molecule has 102 heavy (non-hydrogen) atoms. The molecule has 4 saturated carbocycles. The van der Waals surface area contributed by atoms with Crippen LogP contribution in [0, 0.1) is 11.3 Å². The molecule has 9 aromatic heterocycles. The summed E-state index contributed by atoms with van der Waals surface area (Å²) in [4.78, 5) is 30.2. The van der Waals surface area contributed by atoms with Gasteiger partial charge in [0, 0.05) is 119 Å². The molecule has 548 valence electrons. The third kappa shape index (κ3) is 19.2. The van der Waals surface area contributed by atoms with Crippen molar-refractivity contribution in [2.75, 3.05) is 54.9 Å². The predicted octanol–water partition coefficient (Wildman–Crippen LogP) is 10.4. The van der Waals surface area contributed by atoms with Crippen molar-refractivity contribution >= 4 is 50.0 Å². The smallest absolute Gasteiger partial charge is 0.345 e. The van der Waals surface area contributed by atoms with Gasteiger partial charge < -0.3 is 45.5 Å². The second-order valence-corrected chi connectivity index (χ2v) is 29.5. The Labute approximate surface area is 588 Å². The first-order valence-corrected chi connectivity index (χ1v) is 37.0. The van der Waals surface area contributed by atoms with E-state index in [1.54, 1.807) is 67.5 Å². The molecule has 32 heteroatoms. The molecule has 27 nitrogen and oxygen atoms in total. The highest BCUT2D eigenvalue weighted by atomic mass is 32.2. The van der Waals surface area contributed by atoms with Gasteiger partial charge in [-0.2, -0.15) is 33.0 Å². The number of ether oxygens (including phenoxy) is 3. The van der Waals surface area contributed by atoms with E-state index in [4.69, 9.17) is 15.1 Å². The second-order valence-electron chi connectivity index (χ2n) is 27.3. The molecule has 9 aromatic rings. The number of carbonyl (C=O) groups is 1. The van der Waals surface area contributed by atoms with Crippen molar-refractivity contribution < 1.29 is 60.3 Å². The van der Waals surface area contributed by atoms with Gasteiger partial charge in [0.15, 0.2) is 0 Å². The topological polar surface area (TPSA) is 339 Å². The number of sulfone groups is 1. The van der Waals surface area contributed by atoms with Gasteiger partial charge in [-0.15, -0.1) is 15.3 Å². The number of aliphatic hydroxyl groups excluding tert-OH is 3. The Balaban J connectivity index is 0.000000154. The number of aryl methyl sites for hydroxylation is 2. The molecule has 4 atom stereocenters. The fourth-order valence-corrected chi connectivity index (χ4v) is 14.5. The molecule has 4 fully saturated rings. The van der Waals surface area contributed by atoms with Crippen molar-refractivity contribution in [1.29, 1.82) is 5.26 Å². The van der Waals surface area contributed by atoms with Crippen LogP contribution >= 0.6 is 0 Å². The summed E-state index contributed by atoms with van der Waals surface area (Å²) in [5.41, 5.74) is 12.0. The molecule has 6 N–H and O–H groups in total. The van der Waals surface area contributed by atoms with Crippen molar-refractivity contribution in [3.05, 3.63) is 103 Å². The number of alkyl halides is 4. The zero-order chi connectivity index (χ0) is 72.2. The molecular weight excluding hydrogens is 1340 g/mol. The lowest BCUT2D eigenvalue weighted by Crippen LogP contribution is -2.25. The fourth-order valence-electron chi connectivity index (χ4n) is 14.0. The normalized spacial score (nSPS) is 21.2. The molecule has 0 radical (unpaired) electrons. The molecule has 0 bridgehead atoms. The summed E-state index contributed by atoms with van der Waals surface area (Å²) in [6, 6.07) is 11.8. The summed E-state index contributed by atoms with van der Waals surface area (Å²) >= 11 is 0. The average Bonchev–Trinajstić information content (AvgIpc) is 1.63. The first kappa shape index (κ1) is 74.6. The number of nitrogens with one attached hydrogen (secondary N) is 3. The second kappa shape index (κ2) is 34.1. The van der Waals surface area contributed by atoms with E-state index in [-0.39, 0.29) is 79.4 Å². The molecular formula is C70H90F4N18O9S. The quantitative estimate of drug-likeness (QED) is 0.0274. The first-order valence-electron chi connectivity index (χ1n) is 34.9. The van der Waals surface area contributed by atoms with Crippen molar-refractivity contribution in [1.82, 2.24) is 68.3 Å². The van der Waals surface area contributed by atoms with Gasteiger partial charge in [0.05, 0.1) is 129 Å². The summed E-state index contributed by atoms with van der Waals surface area (Å²) in [5.74, 6) is 2.08. The average molecular weight is 1440 g/mol. The Morgan fingerprint density at radius 2 is 0.990 bits per heavy atom. The van der Waals surface area contributed by atoms with Crippen LogP contribution in [0.2, 0.25) is 0 Å². The summed E-state index contributed by atoms with van der Waals surface area (Å²) < 4.78 is 95.4. The number of hydrogen-bond acceptors (Lipinski definition) is 22. The standard InChI is InChI=1S/C26H33N5O3.C22H27F2N7O2.C22H30F2N6O4S/c1-16(15-34-2)29-26-28-14-24-21(13-23(31(24)30-26)17-6-8-19(32)9-7-17)18-10-11-27-22(12-18)20-4-3-5-25(20)33;1-14(13-33-21(23)24)28-22-26-11-20-18(16-10-27-30(12-16)8-2-7-25)9-19(31(20)29-22)15-3-5-17(32)6-4-15;1-14(13-34-21(23)24)27-22-25-11-20-18(16-10-26-29(12-16)7-8-35(2,32)33)9-19(30(20)28-22)15-3-5-17(31)6-4-15/h10-14,16-17,19-20,32H,3-9,15H2,1-2H3,(H,29,30);9-12,14-15,17,21,32H,2-6,8,13H2,1H3,(H,28,29);9-12,14-15,17,21,31H,3-8,13H2,1-2H3,(H,27,28)/t16-,17?,19?,20?;2*14-,15?,17?/m000/s1. The van der Waals surface area contributed by atoms with E-state index in [0.29, 0.717) is 56.6 Å². The summed E-state index contributed by atoms with van der Waals surface area (Å²) in [5, 5.41) is 70.9. The lowest BCUT2D eigenvalue weighted by molar-refractivity contribution is -0.130. The molecule has 13 rings (SSSR count). The van der Waals surface area contributed by atoms with Crippen LogP contribution in [-0.2, 0) is 41.9 Å². The van der Waals surface area contributed by atoms with Gasteiger partial charge in [0.2, 0.25) is 17.8 Å². The Hall–Kier alpha value is -8.58. The number of nitriles is 1. The summed E-state index contributed by atoms with van der Waals surface area (Å²) in [7, 11) is -1.44. The highest BCUT2D eigenvalue weighted by molar-refractivity contribution is 7.90. The van der Waals surface area contributed by atoms with Crippen LogP contribution in [0.4, 0.5) is 35.4 Å². The van der Waals surface area contributed by atoms with E-state index < -0.39 is 35.1 Å². The van der Waals surface area contributed by atoms with Crippen LogP contribution in [0.5, 0.6) is 0 Å². The van der Waals surface area contributed by atoms with E-state index in [1.807, 2.05) is 45.0 Å². The van der Waals surface area contributed by atoms with Crippen molar-refractivity contribution in [2.24, 2.45) is 0 Å². The molecule has 4 aliphatic rings. The van der Waals surface area contributed by atoms with Crippen LogP contribution in [0.1, 0.15) is 170 Å². The van der Waals surface area contributed by atoms with Crippen molar-refractivity contribution in [3.63, 3.8) is 0 Å². The zero-order valence-corrected chi connectivity index (χ0v) is 58.7. The largest absolute Gasteiger partial charge is 0.393 e. The number of carbonyl (C=O) groups excluding carboxylic acids is 1. The summed E-state index contributed by atoms with van der Waals surface area (Å²) in [6.45, 7) is 0.728. The number of Topliss-reactive ketones (excluding diaryl/α,β-unsaturated/α-hetero) is 1. The zero-order valence-electron chi connectivity index (χ0n) is 57.9. The Kier molecular flexibility index (Phi) is 25.0. The number of ketones is 1. The number of aromatic nitrogens is 14. The lowest BCUT2D eigenvalue weighted by Gasteiger charge is -2.25. The van der Waals surface area contributed by atoms with Gasteiger partial charge in [-0.25, -0.2) is 36.9 Å². The Bertz CT molecular complexity index is 4420. The molecule has 0 amide bonds. The van der Waals surface area contributed by atoms with E-state index >= 15 is 0 Å². The lowest BCUT2D eigenvalue weighted by atomic mass is 9.85. The molecule has 0 aromatic carbocycles. The minimum absolute atomic E-state index is 0.00806. The maximum absolute atomic E-state index is 12.4. The van der Waals surface area contributed by atoms with E-state index in [1.165, 1.54) is 6.26 Å². The SMILES string of the molecule is COC[C@H](C)Nc1ncc2c(-c3ccnc(C4CCCC4=O)c3)cc(C3CCC(O)CC3)n2n1.C[C@@H](COC(F)F)Nc1ncc2c(-c3cnn(CCC#N)c3)cc(C3CCC(O)CC3)n2n1.C[C@@H](COC(F)F)Nc1ncc2c(-c3cnn(CCS(C)(=O)=O)c3)cc(C3CCC(O)CC3)n2n1. The summed E-state index contributed by atoms with van der Waals surface area (Å²) in [6.07, 6.45) is 27.1.